The lowest BCUT2D eigenvalue weighted by molar-refractivity contribution is -0.119. The molecule has 25 heavy (non-hydrogen) atoms. The predicted molar refractivity (Wildman–Crippen MR) is 101 cm³/mol. The highest BCUT2D eigenvalue weighted by molar-refractivity contribution is 6.01. The van der Waals surface area contributed by atoms with Crippen LogP contribution in [0.1, 0.15) is 12.5 Å². The number of phenols is 1. The molecule has 126 valence electrons. The summed E-state index contributed by atoms with van der Waals surface area (Å²) in [6.07, 6.45) is 0. The number of phenolic OH excluding ortho intramolecular Hbond substituents is 1. The number of nitrogens with one attached hydrogen (secondary N) is 2. The number of para-hydroxylation sites is 1. The number of hydrogen-bond donors (Lipinski definition) is 3. The number of nitrogens with zero attached hydrogens (tertiary/aromatic N) is 1. The first-order chi connectivity index (χ1) is 12.1. The summed E-state index contributed by atoms with van der Waals surface area (Å²) in [6, 6.07) is 20.9. The summed E-state index contributed by atoms with van der Waals surface area (Å²) < 4.78 is 0. The molecule has 3 rings (SSSR count). The van der Waals surface area contributed by atoms with Crippen molar-refractivity contribution in [1.82, 2.24) is 5.43 Å². The highest BCUT2D eigenvalue weighted by Gasteiger charge is 2.05. The molecule has 3 aromatic carbocycles. The van der Waals surface area contributed by atoms with Gasteiger partial charge in [0.2, 0.25) is 0 Å². The number of benzene rings is 3. The maximum Gasteiger partial charge on any atom is 0.259 e. The fourth-order valence-electron chi connectivity index (χ4n) is 2.51. The molecule has 1 amide bonds. The highest BCUT2D eigenvalue weighted by Crippen LogP contribution is 2.18. The molecule has 3 aromatic rings. The standard InChI is InChI=1S/C20H19N3O2/c1-14(18-8-4-5-9-19(18)24)22-23-20(25)13-21-17-11-10-15-6-2-3-7-16(15)12-17/h2-12,21,24H,13H2,1H3,(H,23,25). The lowest BCUT2D eigenvalue weighted by Crippen LogP contribution is -2.26. The largest absolute Gasteiger partial charge is 0.507 e. The summed E-state index contributed by atoms with van der Waals surface area (Å²) in [5, 5.41) is 19.2. The van der Waals surface area contributed by atoms with E-state index in [2.05, 4.69) is 15.8 Å². The number of hydrogen-bond acceptors (Lipinski definition) is 4. The maximum absolute atomic E-state index is 12.0. The zero-order valence-electron chi connectivity index (χ0n) is 13.9. The zero-order valence-corrected chi connectivity index (χ0v) is 13.9. The van der Waals surface area contributed by atoms with Crippen molar-refractivity contribution in [2.24, 2.45) is 5.10 Å². The van der Waals surface area contributed by atoms with Gasteiger partial charge >= 0.3 is 0 Å². The number of anilines is 1. The number of aromatic hydroxyl groups is 1. The zero-order chi connectivity index (χ0) is 17.6. The van der Waals surface area contributed by atoms with E-state index in [4.69, 9.17) is 0 Å². The molecule has 3 N–H and O–H groups in total. The van der Waals surface area contributed by atoms with Crippen LogP contribution in [-0.4, -0.2) is 23.3 Å². The number of amides is 1. The first kappa shape index (κ1) is 16.5. The van der Waals surface area contributed by atoms with Crippen molar-refractivity contribution in [3.63, 3.8) is 0 Å². The second-order valence-electron chi connectivity index (χ2n) is 5.66. The van der Waals surface area contributed by atoms with Gasteiger partial charge in [-0.3, -0.25) is 4.79 Å². The topological polar surface area (TPSA) is 73.7 Å². The van der Waals surface area contributed by atoms with Gasteiger partial charge in [-0.15, -0.1) is 0 Å². The number of carbonyl (C=O) groups is 1. The molecule has 0 fully saturated rings. The van der Waals surface area contributed by atoms with Crippen molar-refractivity contribution in [3.05, 3.63) is 72.3 Å². The normalized spacial score (nSPS) is 11.3. The van der Waals surface area contributed by atoms with Gasteiger partial charge in [0, 0.05) is 11.3 Å². The van der Waals surface area contributed by atoms with Gasteiger partial charge in [-0.1, -0.05) is 42.5 Å². The van der Waals surface area contributed by atoms with E-state index >= 15 is 0 Å². The van der Waals surface area contributed by atoms with E-state index < -0.39 is 0 Å². The van der Waals surface area contributed by atoms with Crippen molar-refractivity contribution in [3.8, 4) is 5.75 Å². The molecule has 0 radical (unpaired) electrons. The Morgan fingerprint density at radius 1 is 1.00 bits per heavy atom. The predicted octanol–water partition coefficient (Wildman–Crippen LogP) is 3.50. The Labute approximate surface area is 146 Å². The maximum atomic E-state index is 12.0. The molecule has 0 aliphatic carbocycles. The van der Waals surface area contributed by atoms with Gasteiger partial charge < -0.3 is 10.4 Å². The number of fused-ring (bicyclic) bond motifs is 1. The van der Waals surface area contributed by atoms with Crippen molar-refractivity contribution < 1.29 is 9.90 Å². The Bertz CT molecular complexity index is 935. The van der Waals surface area contributed by atoms with E-state index in [-0.39, 0.29) is 18.2 Å². The first-order valence-corrected chi connectivity index (χ1v) is 7.97. The quantitative estimate of drug-likeness (QED) is 0.494. The molecule has 0 atom stereocenters. The summed E-state index contributed by atoms with van der Waals surface area (Å²) in [7, 11) is 0. The van der Waals surface area contributed by atoms with Crippen LogP contribution in [0.25, 0.3) is 10.8 Å². The summed E-state index contributed by atoms with van der Waals surface area (Å²) in [6.45, 7) is 1.84. The van der Waals surface area contributed by atoms with Crippen molar-refractivity contribution in [1.29, 1.82) is 0 Å². The van der Waals surface area contributed by atoms with Crippen LogP contribution in [0.2, 0.25) is 0 Å². The second-order valence-corrected chi connectivity index (χ2v) is 5.66. The molecule has 0 spiro atoms. The lowest BCUT2D eigenvalue weighted by atomic mass is 10.1. The van der Waals surface area contributed by atoms with E-state index in [1.165, 1.54) is 0 Å². The second kappa shape index (κ2) is 7.49. The number of hydrazone groups is 1. The molecule has 0 aromatic heterocycles. The van der Waals surface area contributed by atoms with Gasteiger partial charge in [-0.25, -0.2) is 5.43 Å². The van der Waals surface area contributed by atoms with Gasteiger partial charge in [0.1, 0.15) is 5.75 Å². The number of rotatable bonds is 5. The van der Waals surface area contributed by atoms with Gasteiger partial charge in [0.15, 0.2) is 0 Å². The summed E-state index contributed by atoms with van der Waals surface area (Å²) in [5.41, 5.74) is 4.49. The van der Waals surface area contributed by atoms with Crippen LogP contribution in [0.15, 0.2) is 71.8 Å². The van der Waals surface area contributed by atoms with Crippen LogP contribution in [0.4, 0.5) is 5.69 Å². The third-order valence-electron chi connectivity index (χ3n) is 3.84. The van der Waals surface area contributed by atoms with E-state index in [1.807, 2.05) is 42.5 Å². The molecular weight excluding hydrogens is 314 g/mol. The van der Waals surface area contributed by atoms with Gasteiger partial charge in [-0.05, 0) is 42.0 Å². The van der Waals surface area contributed by atoms with E-state index in [1.54, 1.807) is 31.2 Å². The molecule has 0 heterocycles. The van der Waals surface area contributed by atoms with Crippen LogP contribution < -0.4 is 10.7 Å². The fourth-order valence-corrected chi connectivity index (χ4v) is 2.51. The molecule has 0 saturated heterocycles. The van der Waals surface area contributed by atoms with Crippen LogP contribution in [0.5, 0.6) is 5.75 Å². The van der Waals surface area contributed by atoms with Crippen LogP contribution in [0, 0.1) is 0 Å². The van der Waals surface area contributed by atoms with Crippen LogP contribution >= 0.6 is 0 Å². The fraction of sp³-hybridized carbons (Fsp3) is 0.100. The Kier molecular flexibility index (Phi) is 4.95. The Hall–Kier alpha value is -3.34. The minimum Gasteiger partial charge on any atom is -0.507 e. The first-order valence-electron chi connectivity index (χ1n) is 7.97. The summed E-state index contributed by atoms with van der Waals surface area (Å²) in [4.78, 5) is 12.0. The third kappa shape index (κ3) is 4.14. The highest BCUT2D eigenvalue weighted by atomic mass is 16.3. The van der Waals surface area contributed by atoms with Crippen molar-refractivity contribution in [2.75, 3.05) is 11.9 Å². The monoisotopic (exact) mass is 333 g/mol. The Morgan fingerprint density at radius 3 is 2.52 bits per heavy atom. The Balaban J connectivity index is 1.59. The lowest BCUT2D eigenvalue weighted by Gasteiger charge is -2.08. The van der Waals surface area contributed by atoms with Crippen molar-refractivity contribution in [2.45, 2.75) is 6.92 Å². The third-order valence-corrected chi connectivity index (χ3v) is 3.84. The van der Waals surface area contributed by atoms with Gasteiger partial charge in [0.05, 0.1) is 12.3 Å². The Morgan fingerprint density at radius 2 is 1.72 bits per heavy atom. The molecule has 0 unspecified atom stereocenters. The summed E-state index contributed by atoms with van der Waals surface area (Å²) in [5.74, 6) is -0.129. The molecule has 0 aliphatic heterocycles. The van der Waals surface area contributed by atoms with E-state index in [9.17, 15) is 9.90 Å². The summed E-state index contributed by atoms with van der Waals surface area (Å²) >= 11 is 0. The average molecular weight is 333 g/mol. The minimum absolute atomic E-state index is 0.107. The van der Waals surface area contributed by atoms with Crippen molar-refractivity contribution >= 4 is 28.1 Å². The van der Waals surface area contributed by atoms with Gasteiger partial charge in [-0.2, -0.15) is 5.10 Å². The average Bonchev–Trinajstić information content (AvgIpc) is 2.64. The molecule has 0 saturated carbocycles. The molecule has 5 heteroatoms. The van der Waals surface area contributed by atoms with E-state index in [0.29, 0.717) is 11.3 Å². The van der Waals surface area contributed by atoms with E-state index in [0.717, 1.165) is 16.5 Å². The minimum atomic E-state index is -0.261. The SMILES string of the molecule is CC(=NNC(=O)CNc1ccc2ccccc2c1)c1ccccc1O. The van der Waals surface area contributed by atoms with Gasteiger partial charge in [0.25, 0.3) is 5.91 Å². The molecule has 5 nitrogen and oxygen atoms in total. The number of carbonyl (C=O) groups excluding carboxylic acids is 1. The molecule has 0 aliphatic rings. The molecular formula is C20H19N3O2. The van der Waals surface area contributed by atoms with Crippen LogP contribution in [-0.2, 0) is 4.79 Å². The smallest absolute Gasteiger partial charge is 0.259 e. The van der Waals surface area contributed by atoms with Crippen LogP contribution in [0.3, 0.4) is 0 Å². The molecule has 0 bridgehead atoms.